The molecule has 1 heterocycles. The monoisotopic (exact) mass is 249 g/mol. The first-order valence-electron chi connectivity index (χ1n) is 6.40. The molecule has 18 heavy (non-hydrogen) atoms. The van der Waals surface area contributed by atoms with E-state index in [1.54, 1.807) is 0 Å². The zero-order valence-electron chi connectivity index (χ0n) is 10.8. The standard InChI is InChI=1S/C14H19NO3/c1-3-11(14(16)17-4-2)15-12-9-18-13-8-6-5-7-10(12)13/h5-8,11-12,15H,3-4,9H2,1-2H3. The van der Waals surface area contributed by atoms with E-state index in [0.717, 1.165) is 11.3 Å². The minimum absolute atomic E-state index is 0.0653. The number of hydrogen-bond donors (Lipinski definition) is 1. The zero-order chi connectivity index (χ0) is 13.0. The summed E-state index contributed by atoms with van der Waals surface area (Å²) in [5.41, 5.74) is 1.11. The number of para-hydroxylation sites is 1. The number of benzene rings is 1. The molecule has 0 amide bonds. The highest BCUT2D eigenvalue weighted by atomic mass is 16.5. The lowest BCUT2D eigenvalue weighted by molar-refractivity contribution is -0.146. The van der Waals surface area contributed by atoms with Gasteiger partial charge in [0.1, 0.15) is 18.4 Å². The first-order chi connectivity index (χ1) is 8.76. The molecule has 0 aliphatic carbocycles. The molecule has 1 N–H and O–H groups in total. The van der Waals surface area contributed by atoms with Gasteiger partial charge in [-0.15, -0.1) is 0 Å². The van der Waals surface area contributed by atoms with Crippen LogP contribution >= 0.6 is 0 Å². The second-order valence-corrected chi connectivity index (χ2v) is 4.28. The highest BCUT2D eigenvalue weighted by Gasteiger charge is 2.28. The Hall–Kier alpha value is -1.55. The van der Waals surface area contributed by atoms with Crippen LogP contribution in [0, 0.1) is 0 Å². The van der Waals surface area contributed by atoms with Crippen LogP contribution < -0.4 is 10.1 Å². The lowest BCUT2D eigenvalue weighted by atomic mass is 10.1. The third-order valence-corrected chi connectivity index (χ3v) is 3.08. The van der Waals surface area contributed by atoms with Gasteiger partial charge in [0.25, 0.3) is 0 Å². The predicted molar refractivity (Wildman–Crippen MR) is 68.5 cm³/mol. The van der Waals surface area contributed by atoms with Crippen molar-refractivity contribution in [2.24, 2.45) is 0 Å². The first-order valence-corrected chi connectivity index (χ1v) is 6.40. The van der Waals surface area contributed by atoms with Gasteiger partial charge in [-0.2, -0.15) is 0 Å². The molecule has 0 radical (unpaired) electrons. The summed E-state index contributed by atoms with van der Waals surface area (Å²) in [6.45, 7) is 4.76. The van der Waals surface area contributed by atoms with Gasteiger partial charge in [0.05, 0.1) is 12.6 Å². The highest BCUT2D eigenvalue weighted by Crippen LogP contribution is 2.32. The van der Waals surface area contributed by atoms with Gasteiger partial charge in [-0.3, -0.25) is 10.1 Å². The summed E-state index contributed by atoms with van der Waals surface area (Å²) >= 11 is 0. The van der Waals surface area contributed by atoms with Crippen LogP contribution in [0.1, 0.15) is 31.9 Å². The number of rotatable bonds is 5. The Morgan fingerprint density at radius 1 is 1.50 bits per heavy atom. The third-order valence-electron chi connectivity index (χ3n) is 3.08. The molecular weight excluding hydrogens is 230 g/mol. The Kier molecular flexibility index (Phi) is 4.20. The van der Waals surface area contributed by atoms with Gasteiger partial charge in [-0.1, -0.05) is 25.1 Å². The van der Waals surface area contributed by atoms with Crippen LogP contribution in [0.4, 0.5) is 0 Å². The number of hydrogen-bond acceptors (Lipinski definition) is 4. The lowest BCUT2D eigenvalue weighted by Gasteiger charge is -2.19. The minimum atomic E-state index is -0.273. The Balaban J connectivity index is 2.03. The van der Waals surface area contributed by atoms with Gasteiger partial charge >= 0.3 is 5.97 Å². The molecule has 98 valence electrons. The second-order valence-electron chi connectivity index (χ2n) is 4.28. The zero-order valence-corrected chi connectivity index (χ0v) is 10.8. The van der Waals surface area contributed by atoms with Crippen molar-refractivity contribution in [3.05, 3.63) is 29.8 Å². The number of carbonyl (C=O) groups excluding carboxylic acids is 1. The van der Waals surface area contributed by atoms with Crippen LogP contribution in [0.3, 0.4) is 0 Å². The van der Waals surface area contributed by atoms with Crippen LogP contribution in [0.25, 0.3) is 0 Å². The molecule has 1 aromatic carbocycles. The molecule has 0 bridgehead atoms. The van der Waals surface area contributed by atoms with Crippen molar-refractivity contribution in [3.8, 4) is 5.75 Å². The van der Waals surface area contributed by atoms with Crippen molar-refractivity contribution in [3.63, 3.8) is 0 Å². The Labute approximate surface area is 107 Å². The topological polar surface area (TPSA) is 47.6 Å². The van der Waals surface area contributed by atoms with Crippen molar-refractivity contribution in [2.75, 3.05) is 13.2 Å². The summed E-state index contributed by atoms with van der Waals surface area (Å²) in [6, 6.07) is 7.69. The highest BCUT2D eigenvalue weighted by molar-refractivity contribution is 5.75. The van der Waals surface area contributed by atoms with Gasteiger partial charge in [0.15, 0.2) is 0 Å². The van der Waals surface area contributed by atoms with Gasteiger partial charge in [-0.25, -0.2) is 0 Å². The molecule has 2 rings (SSSR count). The first kappa shape index (κ1) is 12.9. The number of esters is 1. The molecule has 4 nitrogen and oxygen atoms in total. The molecule has 0 saturated carbocycles. The van der Waals surface area contributed by atoms with E-state index >= 15 is 0 Å². The summed E-state index contributed by atoms with van der Waals surface area (Å²) in [5.74, 6) is 0.707. The molecule has 2 unspecified atom stereocenters. The third kappa shape index (κ3) is 2.64. The second kappa shape index (κ2) is 5.87. The molecule has 0 spiro atoms. The maximum atomic E-state index is 11.7. The average Bonchev–Trinajstić information content (AvgIpc) is 2.79. The normalized spacial score (nSPS) is 18.9. The molecule has 1 aromatic rings. The molecule has 0 aromatic heterocycles. The van der Waals surface area contributed by atoms with Crippen molar-refractivity contribution < 1.29 is 14.3 Å². The Morgan fingerprint density at radius 3 is 3.00 bits per heavy atom. The molecule has 1 aliphatic rings. The van der Waals surface area contributed by atoms with E-state index in [1.165, 1.54) is 0 Å². The van der Waals surface area contributed by atoms with Crippen molar-refractivity contribution in [2.45, 2.75) is 32.4 Å². The Bertz CT molecular complexity index is 419. The van der Waals surface area contributed by atoms with E-state index < -0.39 is 0 Å². The number of nitrogens with one attached hydrogen (secondary N) is 1. The molecule has 2 atom stereocenters. The van der Waals surface area contributed by atoms with Crippen molar-refractivity contribution >= 4 is 5.97 Å². The van der Waals surface area contributed by atoms with E-state index in [-0.39, 0.29) is 18.1 Å². The summed E-state index contributed by atoms with van der Waals surface area (Å²) in [5, 5.41) is 3.31. The fraction of sp³-hybridized carbons (Fsp3) is 0.500. The molecular formula is C14H19NO3. The van der Waals surface area contributed by atoms with E-state index in [9.17, 15) is 4.79 Å². The largest absolute Gasteiger partial charge is 0.491 e. The van der Waals surface area contributed by atoms with Crippen LogP contribution in [0.5, 0.6) is 5.75 Å². The average molecular weight is 249 g/mol. The van der Waals surface area contributed by atoms with E-state index in [0.29, 0.717) is 19.6 Å². The summed E-state index contributed by atoms with van der Waals surface area (Å²) < 4.78 is 10.6. The van der Waals surface area contributed by atoms with E-state index in [1.807, 2.05) is 38.1 Å². The predicted octanol–water partition coefficient (Wildman–Crippen LogP) is 2.05. The van der Waals surface area contributed by atoms with Gasteiger partial charge in [0, 0.05) is 5.56 Å². The molecule has 1 aliphatic heterocycles. The SMILES string of the molecule is CCOC(=O)C(CC)NC1COc2ccccc21. The fourth-order valence-electron chi connectivity index (χ4n) is 2.14. The number of fused-ring (bicyclic) bond motifs is 1. The van der Waals surface area contributed by atoms with Crippen LogP contribution in [0.2, 0.25) is 0 Å². The number of carbonyl (C=O) groups is 1. The molecule has 0 saturated heterocycles. The Morgan fingerprint density at radius 2 is 2.28 bits per heavy atom. The van der Waals surface area contributed by atoms with Gasteiger partial charge < -0.3 is 9.47 Å². The summed E-state index contributed by atoms with van der Waals surface area (Å²) in [4.78, 5) is 11.7. The van der Waals surface area contributed by atoms with Crippen LogP contribution in [-0.2, 0) is 9.53 Å². The van der Waals surface area contributed by atoms with E-state index in [4.69, 9.17) is 9.47 Å². The molecule has 0 fully saturated rings. The molecule has 4 heteroatoms. The van der Waals surface area contributed by atoms with E-state index in [2.05, 4.69) is 5.32 Å². The van der Waals surface area contributed by atoms with Crippen LogP contribution in [-0.4, -0.2) is 25.2 Å². The lowest BCUT2D eigenvalue weighted by Crippen LogP contribution is -2.40. The fourth-order valence-corrected chi connectivity index (χ4v) is 2.14. The van der Waals surface area contributed by atoms with Crippen LogP contribution in [0.15, 0.2) is 24.3 Å². The maximum absolute atomic E-state index is 11.7. The minimum Gasteiger partial charge on any atom is -0.491 e. The van der Waals surface area contributed by atoms with Gasteiger partial charge in [0.2, 0.25) is 0 Å². The number of ether oxygens (including phenoxy) is 2. The van der Waals surface area contributed by atoms with Crippen molar-refractivity contribution in [1.29, 1.82) is 0 Å². The summed E-state index contributed by atoms with van der Waals surface area (Å²) in [6.07, 6.45) is 0.706. The quantitative estimate of drug-likeness (QED) is 0.811. The van der Waals surface area contributed by atoms with Gasteiger partial charge in [-0.05, 0) is 19.4 Å². The smallest absolute Gasteiger partial charge is 0.323 e. The summed E-state index contributed by atoms with van der Waals surface area (Å²) in [7, 11) is 0. The van der Waals surface area contributed by atoms with Crippen molar-refractivity contribution in [1.82, 2.24) is 5.32 Å². The maximum Gasteiger partial charge on any atom is 0.323 e.